The number of fused-ring (bicyclic) bond motifs is 1. The molecule has 0 radical (unpaired) electrons. The van der Waals surface area contributed by atoms with E-state index in [2.05, 4.69) is 4.98 Å². The van der Waals surface area contributed by atoms with Gasteiger partial charge in [0.15, 0.2) is 0 Å². The van der Waals surface area contributed by atoms with E-state index < -0.39 is 5.97 Å². The topological polar surface area (TPSA) is 90.8 Å². The van der Waals surface area contributed by atoms with Gasteiger partial charge in [0.25, 0.3) is 0 Å². The SMILES string of the molecule is O=C(O)CCC(=O)N1CCC2C1CC(=O)N2c1cccnc1. The third-order valence-corrected chi connectivity index (χ3v) is 4.29. The molecule has 2 atom stereocenters. The highest BCUT2D eigenvalue weighted by atomic mass is 16.4. The largest absolute Gasteiger partial charge is 0.481 e. The molecule has 3 rings (SSSR count). The molecular formula is C15H17N3O4. The van der Waals surface area contributed by atoms with Crippen molar-refractivity contribution in [2.75, 3.05) is 11.4 Å². The maximum atomic E-state index is 12.3. The molecule has 0 aliphatic carbocycles. The van der Waals surface area contributed by atoms with Crippen LogP contribution in [0.1, 0.15) is 25.7 Å². The fraction of sp³-hybridized carbons (Fsp3) is 0.467. The van der Waals surface area contributed by atoms with Crippen molar-refractivity contribution in [3.8, 4) is 0 Å². The average Bonchev–Trinajstić information content (AvgIpc) is 3.03. The first-order valence-corrected chi connectivity index (χ1v) is 7.31. The predicted octanol–water partition coefficient (Wildman–Crippen LogP) is 0.653. The van der Waals surface area contributed by atoms with E-state index in [0.717, 1.165) is 5.69 Å². The fourth-order valence-electron chi connectivity index (χ4n) is 3.35. The summed E-state index contributed by atoms with van der Waals surface area (Å²) in [5.74, 6) is -1.18. The normalized spacial score (nSPS) is 23.7. The van der Waals surface area contributed by atoms with Gasteiger partial charge in [-0.3, -0.25) is 19.4 Å². The standard InChI is InChI=1S/C15H17N3O4/c19-13(3-4-15(21)22)17-7-5-11-12(17)8-14(20)18(11)10-2-1-6-16-9-10/h1-2,6,9,11-12H,3-5,7-8H2,(H,21,22). The van der Waals surface area contributed by atoms with E-state index >= 15 is 0 Å². The van der Waals surface area contributed by atoms with Crippen LogP contribution in [0.5, 0.6) is 0 Å². The van der Waals surface area contributed by atoms with Gasteiger partial charge in [0, 0.05) is 25.6 Å². The Hall–Kier alpha value is -2.44. The average molecular weight is 303 g/mol. The van der Waals surface area contributed by atoms with Crippen molar-refractivity contribution in [2.45, 2.75) is 37.8 Å². The summed E-state index contributed by atoms with van der Waals surface area (Å²) in [5, 5.41) is 8.69. The number of likely N-dealkylation sites (tertiary alicyclic amines) is 1. The van der Waals surface area contributed by atoms with Gasteiger partial charge in [0.1, 0.15) is 0 Å². The maximum absolute atomic E-state index is 12.3. The Morgan fingerprint density at radius 3 is 2.82 bits per heavy atom. The van der Waals surface area contributed by atoms with Crippen LogP contribution in [0.25, 0.3) is 0 Å². The summed E-state index contributed by atoms with van der Waals surface area (Å²) < 4.78 is 0. The number of nitrogens with zero attached hydrogens (tertiary/aromatic N) is 3. The third kappa shape index (κ3) is 2.54. The monoisotopic (exact) mass is 303 g/mol. The smallest absolute Gasteiger partial charge is 0.303 e. The van der Waals surface area contributed by atoms with Gasteiger partial charge in [-0.2, -0.15) is 0 Å². The van der Waals surface area contributed by atoms with Crippen LogP contribution in [-0.2, 0) is 14.4 Å². The summed E-state index contributed by atoms with van der Waals surface area (Å²) in [6, 6.07) is 3.42. The van der Waals surface area contributed by atoms with Crippen LogP contribution in [0.3, 0.4) is 0 Å². The molecule has 22 heavy (non-hydrogen) atoms. The van der Waals surface area contributed by atoms with Gasteiger partial charge in [0.2, 0.25) is 11.8 Å². The van der Waals surface area contributed by atoms with E-state index in [9.17, 15) is 14.4 Å². The molecular weight excluding hydrogens is 286 g/mol. The molecule has 2 unspecified atom stereocenters. The van der Waals surface area contributed by atoms with Crippen molar-refractivity contribution in [3.63, 3.8) is 0 Å². The summed E-state index contributed by atoms with van der Waals surface area (Å²) >= 11 is 0. The first-order valence-electron chi connectivity index (χ1n) is 7.31. The van der Waals surface area contributed by atoms with Gasteiger partial charge in [-0.05, 0) is 18.6 Å². The van der Waals surface area contributed by atoms with Crippen LogP contribution in [0, 0.1) is 0 Å². The summed E-state index contributed by atoms with van der Waals surface area (Å²) in [6.45, 7) is 0.567. The molecule has 0 spiro atoms. The molecule has 3 heterocycles. The van der Waals surface area contributed by atoms with Crippen molar-refractivity contribution in [3.05, 3.63) is 24.5 Å². The summed E-state index contributed by atoms with van der Waals surface area (Å²) in [7, 11) is 0. The number of aliphatic carboxylic acids is 1. The number of amides is 2. The number of aromatic nitrogens is 1. The first kappa shape index (κ1) is 14.5. The van der Waals surface area contributed by atoms with Crippen molar-refractivity contribution < 1.29 is 19.5 Å². The summed E-state index contributed by atoms with van der Waals surface area (Å²) in [4.78, 5) is 42.5. The number of carboxylic acid groups (broad SMARTS) is 1. The Morgan fingerprint density at radius 2 is 2.14 bits per heavy atom. The minimum absolute atomic E-state index is 0.0142. The maximum Gasteiger partial charge on any atom is 0.303 e. The van der Waals surface area contributed by atoms with Crippen LogP contribution in [-0.4, -0.2) is 51.4 Å². The van der Waals surface area contributed by atoms with Crippen LogP contribution in [0.2, 0.25) is 0 Å². The van der Waals surface area contributed by atoms with Gasteiger partial charge in [-0.15, -0.1) is 0 Å². The summed E-state index contributed by atoms with van der Waals surface area (Å²) in [6.07, 6.45) is 4.11. The molecule has 1 N–H and O–H groups in total. The first-order chi connectivity index (χ1) is 10.6. The zero-order chi connectivity index (χ0) is 15.7. The number of pyridine rings is 1. The van der Waals surface area contributed by atoms with Crippen molar-refractivity contribution in [2.24, 2.45) is 0 Å². The minimum atomic E-state index is -0.983. The number of carbonyl (C=O) groups excluding carboxylic acids is 2. The molecule has 116 valence electrons. The van der Waals surface area contributed by atoms with Gasteiger partial charge in [-0.1, -0.05) is 0 Å². The highest BCUT2D eigenvalue weighted by Crippen LogP contribution is 2.35. The number of carboxylic acids is 1. The summed E-state index contributed by atoms with van der Waals surface area (Å²) in [5.41, 5.74) is 0.750. The highest BCUT2D eigenvalue weighted by molar-refractivity contribution is 5.98. The minimum Gasteiger partial charge on any atom is -0.481 e. The second kappa shape index (κ2) is 5.75. The van der Waals surface area contributed by atoms with Crippen LogP contribution in [0.15, 0.2) is 24.5 Å². The molecule has 2 fully saturated rings. The molecule has 7 heteroatoms. The van der Waals surface area contributed by atoms with Gasteiger partial charge in [0.05, 0.1) is 30.4 Å². The van der Waals surface area contributed by atoms with Crippen molar-refractivity contribution in [1.82, 2.24) is 9.88 Å². The van der Waals surface area contributed by atoms with Crippen LogP contribution < -0.4 is 4.90 Å². The number of rotatable bonds is 4. The highest BCUT2D eigenvalue weighted by Gasteiger charge is 2.48. The van der Waals surface area contributed by atoms with Crippen LogP contribution in [0.4, 0.5) is 5.69 Å². The lowest BCUT2D eigenvalue weighted by molar-refractivity contribution is -0.141. The molecule has 2 aliphatic heterocycles. The number of carbonyl (C=O) groups is 3. The Labute approximate surface area is 127 Å². The molecule has 0 aromatic carbocycles. The van der Waals surface area contributed by atoms with E-state index in [1.54, 1.807) is 28.3 Å². The van der Waals surface area contributed by atoms with E-state index in [0.29, 0.717) is 19.4 Å². The van der Waals surface area contributed by atoms with Crippen molar-refractivity contribution >= 4 is 23.5 Å². The van der Waals surface area contributed by atoms with Gasteiger partial charge >= 0.3 is 5.97 Å². The van der Waals surface area contributed by atoms with E-state index in [4.69, 9.17) is 5.11 Å². The number of anilines is 1. The molecule has 2 saturated heterocycles. The predicted molar refractivity (Wildman–Crippen MR) is 77.1 cm³/mol. The molecule has 0 bridgehead atoms. The Bertz CT molecular complexity index is 604. The van der Waals surface area contributed by atoms with E-state index in [1.807, 2.05) is 6.07 Å². The molecule has 2 amide bonds. The van der Waals surface area contributed by atoms with Crippen molar-refractivity contribution in [1.29, 1.82) is 0 Å². The molecule has 7 nitrogen and oxygen atoms in total. The lowest BCUT2D eigenvalue weighted by Crippen LogP contribution is -2.40. The van der Waals surface area contributed by atoms with E-state index in [1.165, 1.54) is 0 Å². The molecule has 2 aliphatic rings. The zero-order valence-corrected chi connectivity index (χ0v) is 12.0. The fourth-order valence-corrected chi connectivity index (χ4v) is 3.35. The van der Waals surface area contributed by atoms with Crippen LogP contribution >= 0.6 is 0 Å². The van der Waals surface area contributed by atoms with Gasteiger partial charge < -0.3 is 14.9 Å². The Balaban J connectivity index is 1.74. The van der Waals surface area contributed by atoms with E-state index in [-0.39, 0.29) is 36.7 Å². The quantitative estimate of drug-likeness (QED) is 0.882. The lowest BCUT2D eigenvalue weighted by atomic mass is 10.1. The Morgan fingerprint density at radius 1 is 1.32 bits per heavy atom. The third-order valence-electron chi connectivity index (χ3n) is 4.29. The second-order valence-corrected chi connectivity index (χ2v) is 5.58. The number of hydrogen-bond acceptors (Lipinski definition) is 4. The second-order valence-electron chi connectivity index (χ2n) is 5.58. The Kier molecular flexibility index (Phi) is 3.79. The van der Waals surface area contributed by atoms with Gasteiger partial charge in [-0.25, -0.2) is 0 Å². The zero-order valence-electron chi connectivity index (χ0n) is 12.0. The molecule has 1 aromatic rings. The molecule has 1 aromatic heterocycles. The molecule has 0 saturated carbocycles. The number of hydrogen-bond donors (Lipinski definition) is 1. The lowest BCUT2D eigenvalue weighted by Gasteiger charge is -2.25.